The maximum atomic E-state index is 13.8. The highest BCUT2D eigenvalue weighted by atomic mass is 19.4. The Bertz CT molecular complexity index is 1120. The van der Waals surface area contributed by atoms with E-state index in [2.05, 4.69) is 23.9 Å². The lowest BCUT2D eigenvalue weighted by Crippen LogP contribution is -2.43. The number of halogens is 3. The van der Waals surface area contributed by atoms with Gasteiger partial charge in [0, 0.05) is 24.7 Å². The summed E-state index contributed by atoms with van der Waals surface area (Å²) >= 11 is 0. The number of piperidine rings is 1. The second-order valence-corrected chi connectivity index (χ2v) is 8.55. The first-order valence-corrected chi connectivity index (χ1v) is 9.99. The molecule has 1 aromatic carbocycles. The number of methoxy groups -OCH3 is 1. The number of hydrogen-bond acceptors (Lipinski definition) is 4. The van der Waals surface area contributed by atoms with Gasteiger partial charge in [0.1, 0.15) is 5.75 Å². The standard InChI is InChI=1S/C22H23F3N4O2/c1-21(2)9-4-10-28(13-21)20(30)17-12-19-26-16(14-5-7-15(31-3)8-6-14)11-18(22(23,24)25)29(19)27-17/h5-8,11-12H,4,9-10,13H2,1-3H3. The van der Waals surface area contributed by atoms with Crippen LogP contribution >= 0.6 is 0 Å². The highest BCUT2D eigenvalue weighted by Crippen LogP contribution is 2.33. The molecule has 1 amide bonds. The summed E-state index contributed by atoms with van der Waals surface area (Å²) in [7, 11) is 1.51. The number of likely N-dealkylation sites (tertiary alicyclic amines) is 1. The van der Waals surface area contributed by atoms with Gasteiger partial charge in [-0.3, -0.25) is 4.79 Å². The molecule has 0 spiro atoms. The monoisotopic (exact) mass is 432 g/mol. The number of carbonyl (C=O) groups is 1. The van der Waals surface area contributed by atoms with E-state index in [-0.39, 0.29) is 28.4 Å². The Kier molecular flexibility index (Phi) is 5.15. The van der Waals surface area contributed by atoms with Gasteiger partial charge in [-0.25, -0.2) is 9.50 Å². The summed E-state index contributed by atoms with van der Waals surface area (Å²) < 4.78 is 47.2. The number of amides is 1. The zero-order chi connectivity index (χ0) is 22.4. The molecular weight excluding hydrogens is 409 g/mol. The Labute approximate surface area is 177 Å². The topological polar surface area (TPSA) is 59.7 Å². The van der Waals surface area contributed by atoms with E-state index in [1.54, 1.807) is 29.2 Å². The zero-order valence-electron chi connectivity index (χ0n) is 17.5. The van der Waals surface area contributed by atoms with Crippen LogP contribution in [0.3, 0.4) is 0 Å². The Morgan fingerprint density at radius 3 is 2.48 bits per heavy atom. The minimum absolute atomic E-state index is 0.0275. The molecule has 9 heteroatoms. The number of rotatable bonds is 3. The van der Waals surface area contributed by atoms with Crippen LogP contribution in [-0.2, 0) is 6.18 Å². The van der Waals surface area contributed by atoms with Gasteiger partial charge >= 0.3 is 6.18 Å². The molecule has 0 atom stereocenters. The fourth-order valence-electron chi connectivity index (χ4n) is 3.95. The summed E-state index contributed by atoms with van der Waals surface area (Å²) in [5, 5.41) is 3.99. The van der Waals surface area contributed by atoms with Crippen LogP contribution in [0.5, 0.6) is 5.75 Å². The molecule has 1 saturated heterocycles. The van der Waals surface area contributed by atoms with Crippen LogP contribution in [0, 0.1) is 5.41 Å². The van der Waals surface area contributed by atoms with E-state index in [1.165, 1.54) is 13.2 Å². The Balaban J connectivity index is 1.77. The second-order valence-electron chi connectivity index (χ2n) is 8.55. The van der Waals surface area contributed by atoms with Gasteiger partial charge in [0.05, 0.1) is 12.8 Å². The van der Waals surface area contributed by atoms with Gasteiger partial charge in [-0.1, -0.05) is 13.8 Å². The van der Waals surface area contributed by atoms with Crippen LogP contribution in [-0.4, -0.2) is 45.6 Å². The van der Waals surface area contributed by atoms with Crippen LogP contribution in [0.4, 0.5) is 13.2 Å². The molecule has 0 unspecified atom stereocenters. The number of fused-ring (bicyclic) bond motifs is 1. The minimum Gasteiger partial charge on any atom is -0.497 e. The summed E-state index contributed by atoms with van der Waals surface area (Å²) in [6, 6.07) is 8.84. The molecule has 4 rings (SSSR count). The molecule has 31 heavy (non-hydrogen) atoms. The molecule has 6 nitrogen and oxygen atoms in total. The van der Waals surface area contributed by atoms with Crippen molar-refractivity contribution < 1.29 is 22.7 Å². The summed E-state index contributed by atoms with van der Waals surface area (Å²) in [6.07, 6.45) is -2.82. The molecule has 0 saturated carbocycles. The average molecular weight is 432 g/mol. The van der Waals surface area contributed by atoms with Gasteiger partial charge in [-0.2, -0.15) is 18.3 Å². The van der Waals surface area contributed by atoms with E-state index < -0.39 is 11.9 Å². The molecule has 0 radical (unpaired) electrons. The molecule has 164 valence electrons. The van der Waals surface area contributed by atoms with E-state index in [0.717, 1.165) is 18.9 Å². The summed E-state index contributed by atoms with van der Waals surface area (Å²) in [5.41, 5.74) is -0.449. The number of hydrogen-bond donors (Lipinski definition) is 0. The number of nitrogens with zero attached hydrogens (tertiary/aromatic N) is 4. The Hall–Kier alpha value is -3.10. The predicted molar refractivity (Wildman–Crippen MR) is 109 cm³/mol. The van der Waals surface area contributed by atoms with Crippen molar-refractivity contribution in [2.45, 2.75) is 32.9 Å². The fraction of sp³-hybridized carbons (Fsp3) is 0.409. The van der Waals surface area contributed by atoms with Crippen molar-refractivity contribution in [3.05, 3.63) is 47.8 Å². The zero-order valence-corrected chi connectivity index (χ0v) is 17.5. The highest BCUT2D eigenvalue weighted by Gasteiger charge is 2.36. The van der Waals surface area contributed by atoms with Crippen LogP contribution in [0.2, 0.25) is 0 Å². The van der Waals surface area contributed by atoms with Crippen molar-refractivity contribution in [3.63, 3.8) is 0 Å². The fourth-order valence-corrected chi connectivity index (χ4v) is 3.95. The molecule has 0 bridgehead atoms. The lowest BCUT2D eigenvalue weighted by atomic mass is 9.84. The van der Waals surface area contributed by atoms with Gasteiger partial charge < -0.3 is 9.64 Å². The first-order valence-electron chi connectivity index (χ1n) is 9.99. The van der Waals surface area contributed by atoms with Gasteiger partial charge in [0.15, 0.2) is 17.0 Å². The number of benzene rings is 1. The van der Waals surface area contributed by atoms with Crippen molar-refractivity contribution in [2.75, 3.05) is 20.2 Å². The predicted octanol–water partition coefficient (Wildman–Crippen LogP) is 4.69. The van der Waals surface area contributed by atoms with Gasteiger partial charge in [0.2, 0.25) is 0 Å². The van der Waals surface area contributed by atoms with Gasteiger partial charge in [-0.05, 0) is 48.6 Å². The summed E-state index contributed by atoms with van der Waals surface area (Å²) in [6.45, 7) is 5.24. The van der Waals surface area contributed by atoms with E-state index in [4.69, 9.17) is 4.74 Å². The lowest BCUT2D eigenvalue weighted by Gasteiger charge is -2.37. The Morgan fingerprint density at radius 1 is 1.16 bits per heavy atom. The molecule has 0 aliphatic carbocycles. The van der Waals surface area contributed by atoms with Crippen LogP contribution < -0.4 is 4.74 Å². The summed E-state index contributed by atoms with van der Waals surface area (Å²) in [4.78, 5) is 19.0. The highest BCUT2D eigenvalue weighted by molar-refractivity contribution is 5.93. The van der Waals surface area contributed by atoms with Crippen LogP contribution in [0.15, 0.2) is 36.4 Å². The maximum absolute atomic E-state index is 13.8. The number of carbonyl (C=O) groups excluding carboxylic acids is 1. The van der Waals surface area contributed by atoms with E-state index >= 15 is 0 Å². The molecule has 3 heterocycles. The van der Waals surface area contributed by atoms with Crippen LogP contribution in [0.25, 0.3) is 16.9 Å². The summed E-state index contributed by atoms with van der Waals surface area (Å²) in [5.74, 6) is 0.208. The SMILES string of the molecule is COc1ccc(-c2cc(C(F)(F)F)n3nc(C(=O)N4CCCC(C)(C)C4)cc3n2)cc1. The molecule has 0 N–H and O–H groups in total. The first-order chi connectivity index (χ1) is 14.6. The third-order valence-corrected chi connectivity index (χ3v) is 5.51. The van der Waals surface area contributed by atoms with Gasteiger partial charge in [0.25, 0.3) is 5.91 Å². The van der Waals surface area contributed by atoms with Crippen molar-refractivity contribution in [1.29, 1.82) is 0 Å². The molecule has 1 fully saturated rings. The quantitative estimate of drug-likeness (QED) is 0.603. The number of alkyl halides is 3. The largest absolute Gasteiger partial charge is 0.497 e. The van der Waals surface area contributed by atoms with Crippen molar-refractivity contribution >= 4 is 11.6 Å². The van der Waals surface area contributed by atoms with Crippen LogP contribution in [0.1, 0.15) is 42.9 Å². The lowest BCUT2D eigenvalue weighted by molar-refractivity contribution is -0.142. The molecule has 2 aromatic heterocycles. The Morgan fingerprint density at radius 2 is 1.87 bits per heavy atom. The average Bonchev–Trinajstić information content (AvgIpc) is 3.15. The third kappa shape index (κ3) is 4.22. The van der Waals surface area contributed by atoms with Crippen molar-refractivity contribution in [2.24, 2.45) is 5.41 Å². The van der Waals surface area contributed by atoms with E-state index in [9.17, 15) is 18.0 Å². The maximum Gasteiger partial charge on any atom is 0.433 e. The number of ether oxygens (including phenoxy) is 1. The molecular formula is C22H23F3N4O2. The van der Waals surface area contributed by atoms with E-state index in [1.807, 2.05) is 0 Å². The van der Waals surface area contributed by atoms with E-state index in [0.29, 0.717) is 28.9 Å². The molecule has 1 aliphatic heterocycles. The normalized spacial score (nSPS) is 16.5. The first kappa shape index (κ1) is 21.1. The number of aromatic nitrogens is 3. The minimum atomic E-state index is -4.66. The molecule has 1 aliphatic rings. The second kappa shape index (κ2) is 7.55. The smallest absolute Gasteiger partial charge is 0.433 e. The van der Waals surface area contributed by atoms with Crippen molar-refractivity contribution in [3.8, 4) is 17.0 Å². The third-order valence-electron chi connectivity index (χ3n) is 5.51. The molecule has 3 aromatic rings. The van der Waals surface area contributed by atoms with Crippen molar-refractivity contribution in [1.82, 2.24) is 19.5 Å². The van der Waals surface area contributed by atoms with Gasteiger partial charge in [-0.15, -0.1) is 0 Å².